The lowest BCUT2D eigenvalue weighted by atomic mass is 10.3. The Labute approximate surface area is 60.4 Å². The van der Waals surface area contributed by atoms with Gasteiger partial charge < -0.3 is 0 Å². The second-order valence-electron chi connectivity index (χ2n) is 1.59. The van der Waals surface area contributed by atoms with E-state index in [0.29, 0.717) is 0 Å². The second-order valence-corrected chi connectivity index (χ2v) is 1.59. The minimum absolute atomic E-state index is 0. The molecular weight excluding hydrogens is 129 g/mol. The normalized spacial score (nSPS) is 8.00. The zero-order valence-electron chi connectivity index (χ0n) is 4.65. The largest absolute Gasteiger partial charge is 0.269 e. The Morgan fingerprint density at radius 1 is 1.20 bits per heavy atom. The fourth-order valence-corrected chi connectivity index (χ4v) is 0.550. The summed E-state index contributed by atoms with van der Waals surface area (Å²) in [6, 6.07) is 7.93. The van der Waals surface area contributed by atoms with Gasteiger partial charge in [0.15, 0.2) is 0 Å². The summed E-state index contributed by atoms with van der Waals surface area (Å²) in [6.07, 6.45) is 0. The predicted molar refractivity (Wildman–Crippen MR) is 43.0 cm³/mol. The van der Waals surface area contributed by atoms with Crippen LogP contribution in [0.2, 0.25) is 0 Å². The van der Waals surface area contributed by atoms with E-state index in [0.717, 1.165) is 0 Å². The molecule has 10 heavy (non-hydrogen) atoms. The first-order chi connectivity index (χ1) is 4.30. The Morgan fingerprint density at radius 3 is 2.00 bits per heavy atom. The van der Waals surface area contributed by atoms with Gasteiger partial charge in [-0.25, -0.2) is 0 Å². The van der Waals surface area contributed by atoms with Crippen molar-refractivity contribution in [2.45, 2.75) is 0 Å². The highest BCUT2D eigenvalue weighted by molar-refractivity contribution is 5.75. The van der Waals surface area contributed by atoms with Gasteiger partial charge in [-0.05, 0) is 0 Å². The van der Waals surface area contributed by atoms with Crippen molar-refractivity contribution in [2.75, 3.05) is 0 Å². The highest BCUT2D eigenvalue weighted by Gasteiger charge is 1.98. The van der Waals surface area contributed by atoms with Crippen LogP contribution >= 0.6 is 0 Å². The second kappa shape index (κ2) is 3.66. The molecular formula is C6H8BNO2. The van der Waals surface area contributed by atoms with Gasteiger partial charge in [-0.1, -0.05) is 18.2 Å². The van der Waals surface area contributed by atoms with Gasteiger partial charge in [-0.3, -0.25) is 10.1 Å². The third-order valence-electron chi connectivity index (χ3n) is 0.967. The molecule has 1 rings (SSSR count). The quantitative estimate of drug-likeness (QED) is 0.319. The van der Waals surface area contributed by atoms with Crippen LogP contribution in [-0.2, 0) is 0 Å². The lowest BCUT2D eigenvalue weighted by molar-refractivity contribution is -0.384. The summed E-state index contributed by atoms with van der Waals surface area (Å²) < 4.78 is 0. The van der Waals surface area contributed by atoms with Gasteiger partial charge in [0.1, 0.15) is 0 Å². The van der Waals surface area contributed by atoms with Gasteiger partial charge in [0.25, 0.3) is 5.69 Å². The SMILES string of the molecule is B.O=[N+]([O-])c1ccccc1. The van der Waals surface area contributed by atoms with Crippen molar-refractivity contribution >= 4 is 14.1 Å². The summed E-state index contributed by atoms with van der Waals surface area (Å²) in [5, 5.41) is 10.0. The number of nitro benzene ring substituents is 1. The molecule has 0 bridgehead atoms. The number of non-ortho nitro benzene ring substituents is 1. The van der Waals surface area contributed by atoms with Crippen LogP contribution in [0.5, 0.6) is 0 Å². The summed E-state index contributed by atoms with van der Waals surface area (Å²) in [4.78, 5) is 9.59. The average Bonchev–Trinajstić information content (AvgIpc) is 1.90. The molecule has 0 unspecified atom stereocenters. The summed E-state index contributed by atoms with van der Waals surface area (Å²) in [5.74, 6) is 0. The molecule has 0 saturated heterocycles. The van der Waals surface area contributed by atoms with Crippen LogP contribution in [0.1, 0.15) is 0 Å². The van der Waals surface area contributed by atoms with Gasteiger partial charge >= 0.3 is 0 Å². The van der Waals surface area contributed by atoms with Gasteiger partial charge in [-0.15, -0.1) is 0 Å². The monoisotopic (exact) mass is 137 g/mol. The van der Waals surface area contributed by atoms with Crippen LogP contribution in [-0.4, -0.2) is 13.3 Å². The van der Waals surface area contributed by atoms with E-state index in [1.165, 1.54) is 12.1 Å². The van der Waals surface area contributed by atoms with Crippen molar-refractivity contribution in [3.8, 4) is 0 Å². The molecule has 0 radical (unpaired) electrons. The molecule has 0 amide bonds. The van der Waals surface area contributed by atoms with Crippen molar-refractivity contribution in [3.63, 3.8) is 0 Å². The molecule has 4 heteroatoms. The molecule has 1 aromatic rings. The lowest BCUT2D eigenvalue weighted by Crippen LogP contribution is -1.84. The first kappa shape index (κ1) is 8.68. The number of benzene rings is 1. The smallest absolute Gasteiger partial charge is 0.258 e. The lowest BCUT2D eigenvalue weighted by Gasteiger charge is -1.85. The summed E-state index contributed by atoms with van der Waals surface area (Å²) in [7, 11) is 0. The van der Waals surface area contributed by atoms with Crippen molar-refractivity contribution in [1.29, 1.82) is 0 Å². The van der Waals surface area contributed by atoms with E-state index >= 15 is 0 Å². The summed E-state index contributed by atoms with van der Waals surface area (Å²) in [5.41, 5.74) is 0.137. The van der Waals surface area contributed by atoms with Crippen LogP contribution in [0.25, 0.3) is 0 Å². The van der Waals surface area contributed by atoms with Crippen LogP contribution in [0, 0.1) is 10.1 Å². The zero-order valence-corrected chi connectivity index (χ0v) is 4.65. The number of nitrogens with zero attached hydrogens (tertiary/aromatic N) is 1. The predicted octanol–water partition coefficient (Wildman–Crippen LogP) is 0.411. The number of hydrogen-bond donors (Lipinski definition) is 0. The van der Waals surface area contributed by atoms with Crippen LogP contribution < -0.4 is 0 Å². The van der Waals surface area contributed by atoms with Gasteiger partial charge in [0.2, 0.25) is 0 Å². The first-order valence-corrected chi connectivity index (χ1v) is 2.50. The van der Waals surface area contributed by atoms with E-state index in [1.54, 1.807) is 18.2 Å². The van der Waals surface area contributed by atoms with Gasteiger partial charge in [0.05, 0.1) is 13.3 Å². The van der Waals surface area contributed by atoms with Crippen LogP contribution in [0.15, 0.2) is 30.3 Å². The Balaban J connectivity index is 0.000000810. The fraction of sp³-hybridized carbons (Fsp3) is 0. The maximum absolute atomic E-state index is 10.0. The molecule has 0 atom stereocenters. The maximum atomic E-state index is 10.0. The molecule has 0 aliphatic rings. The summed E-state index contributed by atoms with van der Waals surface area (Å²) in [6.45, 7) is 0. The number of para-hydroxylation sites is 1. The van der Waals surface area contributed by atoms with Crippen LogP contribution in [0.4, 0.5) is 5.69 Å². The van der Waals surface area contributed by atoms with E-state index in [-0.39, 0.29) is 14.1 Å². The third-order valence-corrected chi connectivity index (χ3v) is 0.967. The Hall–Kier alpha value is -1.32. The van der Waals surface area contributed by atoms with E-state index in [4.69, 9.17) is 0 Å². The Kier molecular flexibility index (Phi) is 3.18. The molecule has 0 aliphatic heterocycles. The molecule has 0 spiro atoms. The average molecular weight is 137 g/mol. The van der Waals surface area contributed by atoms with E-state index < -0.39 is 4.92 Å². The Morgan fingerprint density at radius 2 is 1.70 bits per heavy atom. The van der Waals surface area contributed by atoms with Crippen molar-refractivity contribution in [1.82, 2.24) is 0 Å². The molecule has 0 N–H and O–H groups in total. The van der Waals surface area contributed by atoms with Gasteiger partial charge in [0, 0.05) is 12.1 Å². The molecule has 0 heterocycles. The first-order valence-electron chi connectivity index (χ1n) is 2.50. The number of nitro groups is 1. The van der Waals surface area contributed by atoms with Gasteiger partial charge in [-0.2, -0.15) is 0 Å². The molecule has 1 aromatic carbocycles. The highest BCUT2D eigenvalue weighted by Crippen LogP contribution is 2.06. The number of rotatable bonds is 1. The topological polar surface area (TPSA) is 43.1 Å². The highest BCUT2D eigenvalue weighted by atomic mass is 16.6. The molecule has 0 fully saturated rings. The minimum Gasteiger partial charge on any atom is -0.258 e. The van der Waals surface area contributed by atoms with E-state index in [9.17, 15) is 10.1 Å². The fourth-order valence-electron chi connectivity index (χ4n) is 0.550. The van der Waals surface area contributed by atoms with Crippen molar-refractivity contribution < 1.29 is 4.92 Å². The zero-order chi connectivity index (χ0) is 6.69. The molecule has 3 nitrogen and oxygen atoms in total. The van der Waals surface area contributed by atoms with E-state index in [2.05, 4.69) is 0 Å². The van der Waals surface area contributed by atoms with Crippen molar-refractivity contribution in [2.24, 2.45) is 0 Å². The minimum atomic E-state index is -0.417. The van der Waals surface area contributed by atoms with E-state index in [1.807, 2.05) is 0 Å². The van der Waals surface area contributed by atoms with Crippen LogP contribution in [0.3, 0.4) is 0 Å². The number of hydrogen-bond acceptors (Lipinski definition) is 2. The third kappa shape index (κ3) is 1.89. The molecule has 0 saturated carbocycles. The molecule has 52 valence electrons. The Bertz CT molecular complexity index is 212. The maximum Gasteiger partial charge on any atom is 0.269 e. The summed E-state index contributed by atoms with van der Waals surface area (Å²) >= 11 is 0. The van der Waals surface area contributed by atoms with Crippen molar-refractivity contribution in [3.05, 3.63) is 40.4 Å². The standard InChI is InChI=1S/C6H5NO2.BH3/c8-7(9)6-4-2-1-3-5-6;/h1-5H;1H3. The molecule has 0 aromatic heterocycles. The molecule has 0 aliphatic carbocycles.